The van der Waals surface area contributed by atoms with Crippen molar-refractivity contribution in [2.24, 2.45) is 0 Å². The number of benzene rings is 1. The van der Waals surface area contributed by atoms with Gasteiger partial charge in [0.2, 0.25) is 0 Å². The van der Waals surface area contributed by atoms with Crippen molar-refractivity contribution in [2.75, 3.05) is 6.61 Å². The fourth-order valence-corrected chi connectivity index (χ4v) is 1.55. The van der Waals surface area contributed by atoms with Gasteiger partial charge in [0.05, 0.1) is 12.7 Å². The van der Waals surface area contributed by atoms with E-state index in [0.29, 0.717) is 5.75 Å². The Morgan fingerprint density at radius 1 is 1.33 bits per heavy atom. The second-order valence-electron chi connectivity index (χ2n) is 4.27. The minimum absolute atomic E-state index is 0.0361. The molecule has 0 saturated carbocycles. The summed E-state index contributed by atoms with van der Waals surface area (Å²) in [7, 11) is 0. The van der Waals surface area contributed by atoms with Crippen LogP contribution in [0.4, 0.5) is 13.2 Å². The van der Waals surface area contributed by atoms with Gasteiger partial charge in [-0.3, -0.25) is 0 Å². The predicted octanol–water partition coefficient (Wildman–Crippen LogP) is 3.77. The van der Waals surface area contributed by atoms with Crippen LogP contribution in [0.2, 0.25) is 0 Å². The Hall–Kier alpha value is -1.23. The van der Waals surface area contributed by atoms with E-state index >= 15 is 0 Å². The summed E-state index contributed by atoms with van der Waals surface area (Å²) in [6, 6.07) is 5.14. The zero-order valence-corrected chi connectivity index (χ0v) is 10.4. The van der Waals surface area contributed by atoms with Gasteiger partial charge in [0.1, 0.15) is 5.75 Å². The number of aliphatic hydroxyl groups is 1. The summed E-state index contributed by atoms with van der Waals surface area (Å²) in [6.45, 7) is 3.48. The highest BCUT2D eigenvalue weighted by molar-refractivity contribution is 5.36. The molecule has 0 radical (unpaired) electrons. The maximum atomic E-state index is 11.9. The summed E-state index contributed by atoms with van der Waals surface area (Å²) < 4.78 is 41.0. The zero-order valence-electron chi connectivity index (χ0n) is 10.4. The molecule has 102 valence electrons. The number of hydrogen-bond acceptors (Lipinski definition) is 2. The maximum Gasteiger partial charge on any atom is 0.389 e. The number of aliphatic hydroxyl groups excluding tert-OH is 1. The summed E-state index contributed by atoms with van der Waals surface area (Å²) in [5.74, 6) is 0.557. The minimum atomic E-state index is -4.13. The minimum Gasteiger partial charge on any atom is -0.493 e. The van der Waals surface area contributed by atoms with Crippen LogP contribution in [0, 0.1) is 6.92 Å². The molecule has 18 heavy (non-hydrogen) atoms. The molecule has 0 aliphatic heterocycles. The zero-order chi connectivity index (χ0) is 13.8. The summed E-state index contributed by atoms with van der Waals surface area (Å²) in [6.07, 6.45) is -5.59. The second-order valence-corrected chi connectivity index (χ2v) is 4.27. The van der Waals surface area contributed by atoms with E-state index in [-0.39, 0.29) is 13.0 Å². The number of hydrogen-bond donors (Lipinski definition) is 1. The highest BCUT2D eigenvalue weighted by atomic mass is 19.4. The molecule has 0 aliphatic rings. The Morgan fingerprint density at radius 2 is 2.00 bits per heavy atom. The van der Waals surface area contributed by atoms with Gasteiger partial charge in [-0.15, -0.1) is 0 Å². The number of aryl methyl sites for hydroxylation is 1. The van der Waals surface area contributed by atoms with Gasteiger partial charge in [-0.05, 0) is 43.5 Å². The molecule has 1 rings (SSSR count). The predicted molar refractivity (Wildman–Crippen MR) is 62.6 cm³/mol. The van der Waals surface area contributed by atoms with Crippen molar-refractivity contribution in [1.29, 1.82) is 0 Å². The first-order valence-corrected chi connectivity index (χ1v) is 5.78. The van der Waals surface area contributed by atoms with Gasteiger partial charge in [-0.25, -0.2) is 0 Å². The maximum absolute atomic E-state index is 11.9. The highest BCUT2D eigenvalue weighted by Gasteiger charge is 2.26. The van der Waals surface area contributed by atoms with E-state index in [0.717, 1.165) is 11.1 Å². The van der Waals surface area contributed by atoms with Crippen LogP contribution >= 0.6 is 0 Å². The first-order chi connectivity index (χ1) is 8.29. The van der Waals surface area contributed by atoms with E-state index in [2.05, 4.69) is 0 Å². The summed E-state index contributed by atoms with van der Waals surface area (Å²) in [5, 5.41) is 9.38. The van der Waals surface area contributed by atoms with Crippen LogP contribution in [0.25, 0.3) is 0 Å². The fourth-order valence-electron chi connectivity index (χ4n) is 1.55. The van der Waals surface area contributed by atoms with Crippen molar-refractivity contribution in [2.45, 2.75) is 39.0 Å². The second kappa shape index (κ2) is 6.09. The lowest BCUT2D eigenvalue weighted by atomic mass is 10.1. The van der Waals surface area contributed by atoms with Crippen LogP contribution in [0.15, 0.2) is 18.2 Å². The molecule has 0 saturated heterocycles. The summed E-state index contributed by atoms with van der Waals surface area (Å²) >= 11 is 0. The third-order valence-electron chi connectivity index (χ3n) is 2.54. The number of rotatable bonds is 5. The smallest absolute Gasteiger partial charge is 0.389 e. The molecule has 0 aromatic heterocycles. The monoisotopic (exact) mass is 262 g/mol. The molecule has 0 aliphatic carbocycles. The molecule has 5 heteroatoms. The molecule has 1 atom stereocenters. The van der Waals surface area contributed by atoms with Crippen molar-refractivity contribution in [1.82, 2.24) is 0 Å². The molecule has 1 aromatic carbocycles. The van der Waals surface area contributed by atoms with Crippen LogP contribution in [0.1, 0.15) is 37.0 Å². The Morgan fingerprint density at radius 3 is 2.50 bits per heavy atom. The average Bonchev–Trinajstić information content (AvgIpc) is 2.24. The molecule has 0 heterocycles. The van der Waals surface area contributed by atoms with Crippen molar-refractivity contribution < 1.29 is 23.0 Å². The molecule has 0 fully saturated rings. The molecular formula is C13H17F3O2. The average molecular weight is 262 g/mol. The Labute approximate surface area is 104 Å². The Kier molecular flexibility index (Phi) is 5.02. The van der Waals surface area contributed by atoms with Gasteiger partial charge in [-0.2, -0.15) is 13.2 Å². The molecule has 0 unspecified atom stereocenters. The molecule has 0 bridgehead atoms. The van der Waals surface area contributed by atoms with E-state index in [1.165, 1.54) is 0 Å². The van der Waals surface area contributed by atoms with Gasteiger partial charge < -0.3 is 9.84 Å². The third-order valence-corrected chi connectivity index (χ3v) is 2.54. The van der Waals surface area contributed by atoms with Crippen LogP contribution < -0.4 is 4.74 Å². The van der Waals surface area contributed by atoms with Crippen LogP contribution in [0.3, 0.4) is 0 Å². The van der Waals surface area contributed by atoms with Crippen molar-refractivity contribution in [3.05, 3.63) is 29.3 Å². The van der Waals surface area contributed by atoms with E-state index in [1.807, 2.05) is 0 Å². The number of ether oxygens (including phenoxy) is 1. The summed E-state index contributed by atoms with van der Waals surface area (Å²) in [4.78, 5) is 0. The Balaban J connectivity index is 2.48. The molecular weight excluding hydrogens is 245 g/mol. The first kappa shape index (κ1) is 14.8. The molecule has 2 nitrogen and oxygen atoms in total. The summed E-state index contributed by atoms with van der Waals surface area (Å²) in [5.41, 5.74) is 1.57. The highest BCUT2D eigenvalue weighted by Crippen LogP contribution is 2.24. The van der Waals surface area contributed by atoms with E-state index in [9.17, 15) is 18.3 Å². The molecule has 0 spiro atoms. The van der Waals surface area contributed by atoms with Crippen molar-refractivity contribution >= 4 is 0 Å². The van der Waals surface area contributed by atoms with Gasteiger partial charge in [0.25, 0.3) is 0 Å². The van der Waals surface area contributed by atoms with Gasteiger partial charge >= 0.3 is 6.18 Å². The third kappa shape index (κ3) is 4.96. The molecule has 1 N–H and O–H groups in total. The molecule has 1 aromatic rings. The topological polar surface area (TPSA) is 29.5 Å². The van der Waals surface area contributed by atoms with Gasteiger partial charge in [0.15, 0.2) is 0 Å². The largest absolute Gasteiger partial charge is 0.493 e. The fraction of sp³-hybridized carbons (Fsp3) is 0.538. The first-order valence-electron chi connectivity index (χ1n) is 5.78. The quantitative estimate of drug-likeness (QED) is 0.818. The van der Waals surface area contributed by atoms with E-state index < -0.39 is 18.7 Å². The SMILES string of the molecule is Cc1cc([C@H](C)O)ccc1OCCCC(F)(F)F. The Bertz CT molecular complexity index is 386. The lowest BCUT2D eigenvalue weighted by Gasteiger charge is -2.12. The van der Waals surface area contributed by atoms with Gasteiger partial charge in [-0.1, -0.05) is 6.07 Å². The number of halogens is 3. The van der Waals surface area contributed by atoms with Gasteiger partial charge in [0, 0.05) is 6.42 Å². The van der Waals surface area contributed by atoms with Crippen LogP contribution in [-0.2, 0) is 0 Å². The standard InChI is InChI=1S/C13H17F3O2/c1-9-8-11(10(2)17)4-5-12(9)18-7-3-6-13(14,15)16/h4-5,8,10,17H,3,6-7H2,1-2H3/t10-/m0/s1. The van der Waals surface area contributed by atoms with E-state index in [1.54, 1.807) is 32.0 Å². The lowest BCUT2D eigenvalue weighted by Crippen LogP contribution is -2.10. The lowest BCUT2D eigenvalue weighted by molar-refractivity contribution is -0.136. The number of alkyl halides is 3. The van der Waals surface area contributed by atoms with Crippen molar-refractivity contribution in [3.8, 4) is 5.75 Å². The molecule has 0 amide bonds. The normalized spacial score (nSPS) is 13.4. The van der Waals surface area contributed by atoms with Crippen LogP contribution in [0.5, 0.6) is 5.75 Å². The van der Waals surface area contributed by atoms with Crippen LogP contribution in [-0.4, -0.2) is 17.9 Å². The van der Waals surface area contributed by atoms with Crippen molar-refractivity contribution in [3.63, 3.8) is 0 Å². The van der Waals surface area contributed by atoms with E-state index in [4.69, 9.17) is 4.74 Å².